The third kappa shape index (κ3) is 2.69. The van der Waals surface area contributed by atoms with Gasteiger partial charge >= 0.3 is 12.6 Å². The quantitative estimate of drug-likeness (QED) is 0.800. The van der Waals surface area contributed by atoms with Crippen LogP contribution in [0.15, 0.2) is 41.7 Å². The van der Waals surface area contributed by atoms with Gasteiger partial charge in [0.25, 0.3) is 10.0 Å². The Hall–Kier alpha value is -1.45. The van der Waals surface area contributed by atoms with Gasteiger partial charge in [0.1, 0.15) is 12.5 Å². The fourth-order valence-corrected chi connectivity index (χ4v) is 3.00. The average Bonchev–Trinajstić information content (AvgIpc) is 2.90. The molecule has 1 aromatic rings. The second-order valence-electron chi connectivity index (χ2n) is 3.59. The van der Waals surface area contributed by atoms with Crippen molar-refractivity contribution in [3.8, 4) is 0 Å². The highest BCUT2D eigenvalue weighted by Crippen LogP contribution is 2.36. The maximum Gasteiger partial charge on any atom is 0.417 e. The van der Waals surface area contributed by atoms with E-state index in [1.54, 1.807) is 0 Å². The predicted molar refractivity (Wildman–Crippen MR) is 61.4 cm³/mol. The van der Waals surface area contributed by atoms with Gasteiger partial charge in [-0.25, -0.2) is 8.42 Å². The van der Waals surface area contributed by atoms with Gasteiger partial charge in [-0.2, -0.15) is 13.2 Å². The van der Waals surface area contributed by atoms with Crippen molar-refractivity contribution in [1.29, 1.82) is 0 Å². The summed E-state index contributed by atoms with van der Waals surface area (Å²) in [5, 5.41) is 0. The lowest BCUT2D eigenvalue weighted by molar-refractivity contribution is -0.140. The minimum Gasteiger partial charge on any atom is -0.445 e. The first kappa shape index (κ1) is 14.9. The third-order valence-electron chi connectivity index (χ3n) is 2.31. The zero-order chi connectivity index (χ0) is 15.0. The van der Waals surface area contributed by atoms with E-state index in [2.05, 4.69) is 9.47 Å². The van der Waals surface area contributed by atoms with Gasteiger partial charge in [0.15, 0.2) is 0 Å². The second kappa shape index (κ2) is 5.15. The Morgan fingerprint density at radius 1 is 1.15 bits per heavy atom. The highest BCUT2D eigenvalue weighted by Gasteiger charge is 2.41. The summed E-state index contributed by atoms with van der Waals surface area (Å²) in [4.78, 5) is -0.985. The molecule has 0 amide bonds. The molecule has 0 atom stereocenters. The largest absolute Gasteiger partial charge is 0.445 e. The van der Waals surface area contributed by atoms with Gasteiger partial charge in [-0.05, 0) is 16.0 Å². The van der Waals surface area contributed by atoms with Crippen molar-refractivity contribution in [2.75, 3.05) is 0 Å². The van der Waals surface area contributed by atoms with E-state index in [-0.39, 0.29) is 3.82 Å². The second-order valence-corrected chi connectivity index (χ2v) is 5.94. The molecule has 1 aliphatic heterocycles. The van der Waals surface area contributed by atoms with Crippen LogP contribution in [0.3, 0.4) is 0 Å². The lowest BCUT2D eigenvalue weighted by Crippen LogP contribution is -2.34. The molecule has 1 aromatic carbocycles. The van der Waals surface area contributed by atoms with Crippen LogP contribution in [0.5, 0.6) is 0 Å². The Morgan fingerprint density at radius 2 is 1.70 bits per heavy atom. The maximum absolute atomic E-state index is 12.8. The lowest BCUT2D eigenvalue weighted by Gasteiger charge is -2.21. The number of nitrogens with zero attached hydrogens (tertiary/aromatic N) is 1. The van der Waals surface area contributed by atoms with E-state index in [0.29, 0.717) is 6.07 Å². The predicted octanol–water partition coefficient (Wildman–Crippen LogP) is 2.65. The van der Waals surface area contributed by atoms with Gasteiger partial charge in [-0.15, -0.1) is 0 Å². The van der Waals surface area contributed by atoms with Crippen LogP contribution in [-0.2, 0) is 25.7 Å². The number of hydrogen-bond donors (Lipinski definition) is 0. The van der Waals surface area contributed by atoms with Gasteiger partial charge in [-0.3, -0.25) is 0 Å². The van der Waals surface area contributed by atoms with Crippen molar-refractivity contribution in [3.05, 3.63) is 42.4 Å². The molecule has 0 saturated heterocycles. The summed E-state index contributed by atoms with van der Waals surface area (Å²) in [5.41, 5.74) is -1.32. The fourth-order valence-electron chi connectivity index (χ4n) is 1.46. The Labute approximate surface area is 117 Å². The molecule has 5 nitrogen and oxygen atoms in total. The molecule has 0 spiro atoms. The summed E-state index contributed by atoms with van der Waals surface area (Å²) in [6.07, 6.45) is -4.35. The van der Waals surface area contributed by atoms with E-state index < -0.39 is 33.1 Å². The molecule has 0 aromatic heterocycles. The summed E-state index contributed by atoms with van der Waals surface area (Å²) in [6.45, 7) is 0. The molecule has 0 saturated carbocycles. The van der Waals surface area contributed by atoms with Gasteiger partial charge in [0, 0.05) is 11.8 Å². The summed E-state index contributed by atoms with van der Waals surface area (Å²) in [5.74, 6) is 0. The Bertz CT molecular complexity index is 624. The normalized spacial score (nSPS) is 16.2. The average molecular weight is 330 g/mol. The molecule has 0 aliphatic carbocycles. The molecule has 0 fully saturated rings. The van der Waals surface area contributed by atoms with Crippen LogP contribution >= 0.6 is 11.8 Å². The van der Waals surface area contributed by atoms with Crippen molar-refractivity contribution >= 4 is 21.8 Å². The first-order chi connectivity index (χ1) is 9.24. The number of alkyl halides is 3. The molecule has 0 bridgehead atoms. The molecule has 2 rings (SSSR count). The standard InChI is InChI=1S/C10H7ClF3NO4S/c11-15(9-18-5-6-19-9)20(16,17)8-4-2-1-3-7(8)10(12,13)14/h1-6,9H. The third-order valence-corrected chi connectivity index (χ3v) is 4.56. The molecule has 0 unspecified atom stereocenters. The smallest absolute Gasteiger partial charge is 0.417 e. The van der Waals surface area contributed by atoms with Gasteiger partial charge in [0.05, 0.1) is 10.5 Å². The van der Waals surface area contributed by atoms with Crippen LogP contribution in [0.2, 0.25) is 0 Å². The van der Waals surface area contributed by atoms with Crippen LogP contribution in [0.4, 0.5) is 13.2 Å². The van der Waals surface area contributed by atoms with E-state index in [1.165, 1.54) is 0 Å². The zero-order valence-electron chi connectivity index (χ0n) is 9.54. The summed E-state index contributed by atoms with van der Waals surface area (Å²) in [7, 11) is -4.65. The van der Waals surface area contributed by atoms with Crippen molar-refractivity contribution in [3.63, 3.8) is 0 Å². The van der Waals surface area contributed by atoms with Gasteiger partial charge in [0.2, 0.25) is 0 Å². The molecule has 1 aliphatic rings. The lowest BCUT2D eigenvalue weighted by atomic mass is 10.2. The highest BCUT2D eigenvalue weighted by atomic mass is 35.5. The number of ether oxygens (including phenoxy) is 2. The molecule has 20 heavy (non-hydrogen) atoms. The Balaban J connectivity index is 2.44. The van der Waals surface area contributed by atoms with E-state index in [1.807, 2.05) is 0 Å². The van der Waals surface area contributed by atoms with Crippen molar-refractivity contribution in [1.82, 2.24) is 3.82 Å². The number of rotatable bonds is 3. The minimum atomic E-state index is -4.84. The molecule has 110 valence electrons. The van der Waals surface area contributed by atoms with Gasteiger partial charge < -0.3 is 9.47 Å². The van der Waals surface area contributed by atoms with Crippen molar-refractivity contribution in [2.45, 2.75) is 17.5 Å². The van der Waals surface area contributed by atoms with Crippen molar-refractivity contribution < 1.29 is 31.1 Å². The van der Waals surface area contributed by atoms with E-state index in [9.17, 15) is 21.6 Å². The first-order valence-corrected chi connectivity index (χ1v) is 6.85. The molecule has 1 heterocycles. The van der Waals surface area contributed by atoms with E-state index in [0.717, 1.165) is 30.7 Å². The number of hydrogen-bond acceptors (Lipinski definition) is 4. The van der Waals surface area contributed by atoms with Gasteiger partial charge in [-0.1, -0.05) is 12.1 Å². The minimum absolute atomic E-state index is 0.0531. The van der Waals surface area contributed by atoms with Crippen LogP contribution in [0.1, 0.15) is 5.56 Å². The molecule has 0 N–H and O–H groups in total. The molecule has 10 heteroatoms. The molecular formula is C10H7ClF3NO4S. The first-order valence-electron chi connectivity index (χ1n) is 5.07. The zero-order valence-corrected chi connectivity index (χ0v) is 11.1. The van der Waals surface area contributed by atoms with Crippen LogP contribution in [0.25, 0.3) is 0 Å². The van der Waals surface area contributed by atoms with E-state index in [4.69, 9.17) is 11.8 Å². The number of sulfonamides is 1. The fraction of sp³-hybridized carbons (Fsp3) is 0.200. The Morgan fingerprint density at radius 3 is 2.25 bits per heavy atom. The topological polar surface area (TPSA) is 55.8 Å². The van der Waals surface area contributed by atoms with E-state index >= 15 is 0 Å². The maximum atomic E-state index is 12.8. The Kier molecular flexibility index (Phi) is 3.85. The van der Waals surface area contributed by atoms with Crippen LogP contribution < -0.4 is 0 Å². The number of halogens is 4. The SMILES string of the molecule is O=S(=O)(c1ccccc1C(F)(F)F)N(Cl)C1OC=CO1. The summed E-state index contributed by atoms with van der Waals surface area (Å²) < 4.78 is 72.1. The molecular weight excluding hydrogens is 323 g/mol. The monoisotopic (exact) mass is 329 g/mol. The van der Waals surface area contributed by atoms with Crippen LogP contribution in [0, 0.1) is 0 Å². The molecule has 0 radical (unpaired) electrons. The van der Waals surface area contributed by atoms with Crippen LogP contribution in [-0.4, -0.2) is 18.7 Å². The van der Waals surface area contributed by atoms with Crippen molar-refractivity contribution in [2.24, 2.45) is 0 Å². The summed E-state index contributed by atoms with van der Waals surface area (Å²) in [6, 6.07) is 3.67. The number of benzene rings is 1. The summed E-state index contributed by atoms with van der Waals surface area (Å²) >= 11 is 5.52. The highest BCUT2D eigenvalue weighted by molar-refractivity contribution is 7.90.